The van der Waals surface area contributed by atoms with Crippen molar-refractivity contribution < 1.29 is 23.8 Å². The van der Waals surface area contributed by atoms with Crippen LogP contribution in [0.4, 0.5) is 0 Å². The van der Waals surface area contributed by atoms with Crippen molar-refractivity contribution >= 4 is 11.9 Å². The number of carboxylic acid groups (broad SMARTS) is 1. The molecule has 1 aliphatic rings. The predicted octanol–water partition coefficient (Wildman–Crippen LogP) is 5.32. The topological polar surface area (TPSA) is 83.2 Å². The standard InChI is InChI=1S/C29H34N2O5/c1-21(2)31(29(34)23-13-11-22(12-14-23)26-10-6-18-35-26)19-24-7-3-4-9-27(24)36-25-8-5-16-30(20-25)17-15-28(32)33/h3-4,6-7,9-14,18,21,25H,5,8,15-17,19-20H2,1-2H3,(H,32,33)/t25-/m0/s1. The maximum Gasteiger partial charge on any atom is 0.304 e. The number of carbonyl (C=O) groups excluding carboxylic acids is 1. The van der Waals surface area contributed by atoms with E-state index < -0.39 is 5.97 Å². The molecule has 0 spiro atoms. The largest absolute Gasteiger partial charge is 0.489 e. The van der Waals surface area contributed by atoms with Crippen LogP contribution in [0.25, 0.3) is 11.3 Å². The van der Waals surface area contributed by atoms with E-state index in [9.17, 15) is 9.59 Å². The highest BCUT2D eigenvalue weighted by Crippen LogP contribution is 2.26. The summed E-state index contributed by atoms with van der Waals surface area (Å²) in [5.41, 5.74) is 2.50. The maximum absolute atomic E-state index is 13.5. The maximum atomic E-state index is 13.5. The first-order valence-corrected chi connectivity index (χ1v) is 12.5. The Bertz CT molecular complexity index is 1140. The number of carboxylic acids is 1. The van der Waals surface area contributed by atoms with E-state index in [-0.39, 0.29) is 24.5 Å². The molecule has 1 N–H and O–H groups in total. The van der Waals surface area contributed by atoms with Gasteiger partial charge in [0.05, 0.1) is 12.7 Å². The first-order chi connectivity index (χ1) is 17.4. The minimum Gasteiger partial charge on any atom is -0.489 e. The molecule has 7 nitrogen and oxygen atoms in total. The number of hydrogen-bond donors (Lipinski definition) is 1. The van der Waals surface area contributed by atoms with E-state index in [0.717, 1.165) is 42.0 Å². The number of benzene rings is 2. The van der Waals surface area contributed by atoms with Gasteiger partial charge in [0.1, 0.15) is 17.6 Å². The van der Waals surface area contributed by atoms with Crippen LogP contribution in [0.3, 0.4) is 0 Å². The van der Waals surface area contributed by atoms with Gasteiger partial charge in [-0.25, -0.2) is 0 Å². The third-order valence-corrected chi connectivity index (χ3v) is 6.53. The second-order valence-corrected chi connectivity index (χ2v) is 9.52. The van der Waals surface area contributed by atoms with E-state index in [1.807, 2.05) is 79.4 Å². The zero-order valence-electron chi connectivity index (χ0n) is 20.9. The molecule has 0 unspecified atom stereocenters. The molecule has 1 saturated heterocycles. The molecular weight excluding hydrogens is 456 g/mol. The fourth-order valence-electron chi connectivity index (χ4n) is 4.55. The van der Waals surface area contributed by atoms with Crippen LogP contribution < -0.4 is 4.74 Å². The molecular formula is C29H34N2O5. The lowest BCUT2D eigenvalue weighted by Crippen LogP contribution is -2.42. The minimum atomic E-state index is -0.780. The molecule has 7 heteroatoms. The van der Waals surface area contributed by atoms with Gasteiger partial charge in [-0.05, 0) is 63.6 Å². The summed E-state index contributed by atoms with van der Waals surface area (Å²) in [6.45, 7) is 6.59. The summed E-state index contributed by atoms with van der Waals surface area (Å²) < 4.78 is 11.9. The number of ether oxygens (including phenoxy) is 1. The molecule has 1 aromatic heterocycles. The van der Waals surface area contributed by atoms with Crippen LogP contribution in [0.5, 0.6) is 5.75 Å². The van der Waals surface area contributed by atoms with Crippen LogP contribution in [0.2, 0.25) is 0 Å². The van der Waals surface area contributed by atoms with Crippen LogP contribution in [0.15, 0.2) is 71.3 Å². The van der Waals surface area contributed by atoms with Crippen LogP contribution in [0.1, 0.15) is 49.0 Å². The number of likely N-dealkylation sites (tertiary alicyclic amines) is 1. The molecule has 1 aliphatic heterocycles. The molecule has 0 saturated carbocycles. The second kappa shape index (κ2) is 11.9. The molecule has 1 fully saturated rings. The van der Waals surface area contributed by atoms with Gasteiger partial charge in [0.25, 0.3) is 5.91 Å². The van der Waals surface area contributed by atoms with Crippen molar-refractivity contribution in [1.29, 1.82) is 0 Å². The van der Waals surface area contributed by atoms with Gasteiger partial charge < -0.3 is 19.2 Å². The third kappa shape index (κ3) is 6.55. The molecule has 0 radical (unpaired) electrons. The molecule has 3 aromatic rings. The van der Waals surface area contributed by atoms with E-state index in [4.69, 9.17) is 14.3 Å². The first kappa shape index (κ1) is 25.5. The zero-order chi connectivity index (χ0) is 25.5. The number of furan rings is 1. The summed E-state index contributed by atoms with van der Waals surface area (Å²) in [5, 5.41) is 9.00. The Hall–Kier alpha value is -3.58. The summed E-state index contributed by atoms with van der Waals surface area (Å²) in [7, 11) is 0. The minimum absolute atomic E-state index is 0.00324. The quantitative estimate of drug-likeness (QED) is 0.414. The number of para-hydroxylation sites is 1. The number of piperidine rings is 1. The van der Waals surface area contributed by atoms with E-state index in [1.54, 1.807) is 6.26 Å². The average molecular weight is 491 g/mol. The van der Waals surface area contributed by atoms with Crippen molar-refractivity contribution in [3.05, 3.63) is 78.1 Å². The van der Waals surface area contributed by atoms with Crippen molar-refractivity contribution in [2.75, 3.05) is 19.6 Å². The van der Waals surface area contributed by atoms with E-state index in [2.05, 4.69) is 4.90 Å². The summed E-state index contributed by atoms with van der Waals surface area (Å²) in [6, 6.07) is 19.1. The highest BCUT2D eigenvalue weighted by atomic mass is 16.5. The van der Waals surface area contributed by atoms with Gasteiger partial charge in [-0.15, -0.1) is 0 Å². The predicted molar refractivity (Wildman–Crippen MR) is 138 cm³/mol. The van der Waals surface area contributed by atoms with Gasteiger partial charge in [0.15, 0.2) is 0 Å². The van der Waals surface area contributed by atoms with Crippen LogP contribution in [0, 0.1) is 0 Å². The van der Waals surface area contributed by atoms with Gasteiger partial charge in [0, 0.05) is 42.4 Å². The van der Waals surface area contributed by atoms with Gasteiger partial charge in [-0.2, -0.15) is 0 Å². The Kier molecular flexibility index (Phi) is 8.44. The molecule has 1 atom stereocenters. The lowest BCUT2D eigenvalue weighted by molar-refractivity contribution is -0.137. The van der Waals surface area contributed by atoms with E-state index in [1.165, 1.54) is 0 Å². The zero-order valence-corrected chi connectivity index (χ0v) is 20.9. The Morgan fingerprint density at radius 1 is 1.11 bits per heavy atom. The monoisotopic (exact) mass is 490 g/mol. The Morgan fingerprint density at radius 3 is 2.58 bits per heavy atom. The Morgan fingerprint density at radius 2 is 1.89 bits per heavy atom. The summed E-state index contributed by atoms with van der Waals surface area (Å²) in [4.78, 5) is 28.4. The SMILES string of the molecule is CC(C)N(Cc1ccccc1O[C@H]1CCCN(CCC(=O)O)C1)C(=O)c1ccc(-c2ccco2)cc1. The highest BCUT2D eigenvalue weighted by Gasteiger charge is 2.24. The lowest BCUT2D eigenvalue weighted by atomic mass is 10.1. The van der Waals surface area contributed by atoms with Gasteiger partial charge >= 0.3 is 5.97 Å². The molecule has 190 valence electrons. The van der Waals surface area contributed by atoms with Crippen molar-refractivity contribution in [2.45, 2.75) is 51.8 Å². The van der Waals surface area contributed by atoms with Gasteiger partial charge in [-0.1, -0.05) is 30.3 Å². The smallest absolute Gasteiger partial charge is 0.304 e. The lowest BCUT2D eigenvalue weighted by Gasteiger charge is -2.33. The molecule has 4 rings (SSSR count). The number of aliphatic carboxylic acids is 1. The fourth-order valence-corrected chi connectivity index (χ4v) is 4.55. The number of carbonyl (C=O) groups is 2. The molecule has 0 aliphatic carbocycles. The van der Waals surface area contributed by atoms with Gasteiger partial charge in [0.2, 0.25) is 0 Å². The van der Waals surface area contributed by atoms with Crippen LogP contribution >= 0.6 is 0 Å². The second-order valence-electron chi connectivity index (χ2n) is 9.52. The van der Waals surface area contributed by atoms with Crippen molar-refractivity contribution in [2.24, 2.45) is 0 Å². The molecule has 2 heterocycles. The number of amides is 1. The van der Waals surface area contributed by atoms with Crippen LogP contribution in [-0.2, 0) is 11.3 Å². The normalized spacial score (nSPS) is 16.1. The van der Waals surface area contributed by atoms with Crippen molar-refractivity contribution in [3.8, 4) is 17.1 Å². The first-order valence-electron chi connectivity index (χ1n) is 12.5. The number of nitrogens with zero attached hydrogens (tertiary/aromatic N) is 2. The average Bonchev–Trinajstić information content (AvgIpc) is 3.42. The Balaban J connectivity index is 1.45. The Labute approximate surface area is 212 Å². The molecule has 1 amide bonds. The highest BCUT2D eigenvalue weighted by molar-refractivity contribution is 5.94. The molecule has 0 bridgehead atoms. The third-order valence-electron chi connectivity index (χ3n) is 6.53. The molecule has 2 aromatic carbocycles. The number of hydrogen-bond acceptors (Lipinski definition) is 5. The molecule has 36 heavy (non-hydrogen) atoms. The van der Waals surface area contributed by atoms with Gasteiger partial charge in [-0.3, -0.25) is 14.5 Å². The van der Waals surface area contributed by atoms with E-state index >= 15 is 0 Å². The van der Waals surface area contributed by atoms with Crippen molar-refractivity contribution in [1.82, 2.24) is 9.80 Å². The number of rotatable bonds is 10. The summed E-state index contributed by atoms with van der Waals surface area (Å²) in [5.74, 6) is 0.722. The van der Waals surface area contributed by atoms with Crippen molar-refractivity contribution in [3.63, 3.8) is 0 Å². The summed E-state index contributed by atoms with van der Waals surface area (Å²) >= 11 is 0. The van der Waals surface area contributed by atoms with Crippen LogP contribution in [-0.4, -0.2) is 58.6 Å². The fraction of sp³-hybridized carbons (Fsp3) is 0.379. The summed E-state index contributed by atoms with van der Waals surface area (Å²) in [6.07, 6.45) is 3.65. The van der Waals surface area contributed by atoms with E-state index in [0.29, 0.717) is 25.2 Å².